The van der Waals surface area contributed by atoms with Crippen molar-refractivity contribution in [1.82, 2.24) is 25.3 Å². The minimum Gasteiger partial charge on any atom is -0.309 e. The number of nitrogens with one attached hydrogen (secondary N) is 2. The number of rotatable bonds is 0. The number of hydrogen-bond donors (Lipinski definition) is 2. The quantitative estimate of drug-likeness (QED) is 0.594. The maximum Gasteiger partial charge on any atom is 0.327 e. The van der Waals surface area contributed by atoms with Gasteiger partial charge in [0.25, 0.3) is 5.91 Å². The molecular weight excluding hydrogens is 306 g/mol. The zero-order valence-electron chi connectivity index (χ0n) is 12.5. The Morgan fingerprint density at radius 1 is 1.18 bits per heavy atom. The molecule has 4 aliphatic heterocycles. The molecule has 5 atom stereocenters. The molecule has 0 spiro atoms. The monoisotopic (exact) mass is 325 g/mol. The molecule has 0 aromatic carbocycles. The molecule has 0 aliphatic carbocycles. The topological polar surface area (TPSA) is 85.0 Å². The largest absolute Gasteiger partial charge is 0.327 e. The van der Waals surface area contributed by atoms with Crippen LogP contribution in [0.25, 0.3) is 0 Å². The van der Waals surface area contributed by atoms with Crippen molar-refractivity contribution in [2.24, 2.45) is 5.92 Å². The first-order valence-corrected chi connectivity index (χ1v) is 8.46. The highest BCUT2D eigenvalue weighted by Gasteiger charge is 2.59. The van der Waals surface area contributed by atoms with Crippen LogP contribution in [0.2, 0.25) is 0 Å². The molecule has 0 saturated carbocycles. The maximum atomic E-state index is 12.9. The molecule has 0 aromatic rings. The van der Waals surface area contributed by atoms with Gasteiger partial charge in [0, 0.05) is 14.1 Å². The van der Waals surface area contributed by atoms with Gasteiger partial charge in [-0.1, -0.05) is 0 Å². The maximum absolute atomic E-state index is 12.9. The first kappa shape index (κ1) is 14.3. The molecule has 4 heterocycles. The molecule has 120 valence electrons. The normalized spacial score (nSPS) is 41.5. The number of thioether (sulfide) groups is 1. The van der Waals surface area contributed by atoms with E-state index in [4.69, 9.17) is 0 Å². The Hall–Kier alpha value is -1.32. The van der Waals surface area contributed by atoms with Gasteiger partial charge >= 0.3 is 6.03 Å². The Morgan fingerprint density at radius 2 is 1.95 bits per heavy atom. The lowest BCUT2D eigenvalue weighted by Crippen LogP contribution is -2.66. The molecule has 2 N–H and O–H groups in total. The lowest BCUT2D eigenvalue weighted by Gasteiger charge is -2.44. The van der Waals surface area contributed by atoms with Gasteiger partial charge in [0.1, 0.15) is 17.7 Å². The zero-order chi connectivity index (χ0) is 15.6. The lowest BCUT2D eigenvalue weighted by molar-refractivity contribution is -0.149. The van der Waals surface area contributed by atoms with Crippen molar-refractivity contribution in [3.8, 4) is 0 Å². The number of nitrogens with zero attached hydrogens (tertiary/aromatic N) is 3. The number of imide groups is 1. The molecule has 8 nitrogen and oxygen atoms in total. The molecule has 4 aliphatic rings. The van der Waals surface area contributed by atoms with Crippen LogP contribution >= 0.6 is 11.8 Å². The summed E-state index contributed by atoms with van der Waals surface area (Å²) < 4.78 is 0. The fraction of sp³-hybridized carbons (Fsp3) is 0.769. The Balaban J connectivity index is 1.68. The molecule has 22 heavy (non-hydrogen) atoms. The number of piperidine rings is 1. The van der Waals surface area contributed by atoms with Gasteiger partial charge in [-0.2, -0.15) is 0 Å². The average molecular weight is 325 g/mol. The molecule has 4 rings (SSSR count). The first-order chi connectivity index (χ1) is 10.5. The summed E-state index contributed by atoms with van der Waals surface area (Å²) in [6, 6.07) is -0.966. The highest BCUT2D eigenvalue weighted by Crippen LogP contribution is 2.41. The van der Waals surface area contributed by atoms with Gasteiger partial charge in [-0.3, -0.25) is 19.8 Å². The van der Waals surface area contributed by atoms with Crippen molar-refractivity contribution in [2.45, 2.75) is 35.9 Å². The number of likely N-dealkylation sites (N-methyl/N-ethyl adjacent to an activating group) is 2. The Kier molecular flexibility index (Phi) is 3.14. The second-order valence-electron chi connectivity index (χ2n) is 6.20. The Bertz CT molecular complexity index is 558. The number of amides is 4. The zero-order valence-corrected chi connectivity index (χ0v) is 13.3. The molecule has 5 unspecified atom stereocenters. The third-order valence-electron chi connectivity index (χ3n) is 5.00. The van der Waals surface area contributed by atoms with Crippen molar-refractivity contribution in [1.29, 1.82) is 0 Å². The van der Waals surface area contributed by atoms with Crippen molar-refractivity contribution >= 4 is 29.6 Å². The highest BCUT2D eigenvalue weighted by molar-refractivity contribution is 8.00. The van der Waals surface area contributed by atoms with Crippen molar-refractivity contribution in [3.05, 3.63) is 0 Å². The molecular formula is C13H19N5O3S. The van der Waals surface area contributed by atoms with Crippen LogP contribution in [-0.4, -0.2) is 76.3 Å². The summed E-state index contributed by atoms with van der Waals surface area (Å²) in [5.74, 6) is -0.374. The highest BCUT2D eigenvalue weighted by atomic mass is 32.2. The average Bonchev–Trinajstić information content (AvgIpc) is 2.91. The van der Waals surface area contributed by atoms with Crippen LogP contribution < -0.4 is 10.6 Å². The number of carbonyl (C=O) groups is 3. The van der Waals surface area contributed by atoms with Crippen LogP contribution in [-0.2, 0) is 9.59 Å². The fourth-order valence-corrected chi connectivity index (χ4v) is 5.30. The number of carbonyl (C=O) groups excluding carboxylic acids is 3. The molecule has 0 radical (unpaired) electrons. The Morgan fingerprint density at radius 3 is 2.73 bits per heavy atom. The van der Waals surface area contributed by atoms with Gasteiger partial charge in [0.2, 0.25) is 5.91 Å². The van der Waals surface area contributed by atoms with Crippen LogP contribution in [0.15, 0.2) is 0 Å². The van der Waals surface area contributed by atoms with E-state index in [1.54, 1.807) is 23.7 Å². The van der Waals surface area contributed by atoms with Crippen molar-refractivity contribution in [2.75, 3.05) is 20.6 Å². The summed E-state index contributed by atoms with van der Waals surface area (Å²) in [7, 11) is 3.13. The summed E-state index contributed by atoms with van der Waals surface area (Å²) in [4.78, 5) is 41.8. The second kappa shape index (κ2) is 4.84. The summed E-state index contributed by atoms with van der Waals surface area (Å²) >= 11 is 1.64. The number of hydrogen-bond acceptors (Lipinski definition) is 6. The minimum atomic E-state index is -0.624. The standard InChI is InChI=1S/C13H19N5O3S/c1-16-8-7(11(20)17(2)13(16)21)18-10(19)6-4-3-5-14-9(6)22-12(18)15-8/h6-9,12,14-15H,3-5H2,1-2H3. The van der Waals surface area contributed by atoms with Crippen molar-refractivity contribution < 1.29 is 14.4 Å². The van der Waals surface area contributed by atoms with E-state index in [0.717, 1.165) is 24.3 Å². The van der Waals surface area contributed by atoms with E-state index >= 15 is 0 Å². The lowest BCUT2D eigenvalue weighted by atomic mass is 9.96. The molecule has 9 heteroatoms. The SMILES string of the molecule is CN1C(=O)C2C(NC3SC4NCCCC4C(=O)N32)N(C)C1=O. The van der Waals surface area contributed by atoms with Crippen LogP contribution in [0.1, 0.15) is 12.8 Å². The third-order valence-corrected chi connectivity index (χ3v) is 6.41. The predicted octanol–water partition coefficient (Wildman–Crippen LogP) is -1.01. The smallest absolute Gasteiger partial charge is 0.309 e. The van der Waals surface area contributed by atoms with Gasteiger partial charge in [0.15, 0.2) is 0 Å². The van der Waals surface area contributed by atoms with E-state index in [1.165, 1.54) is 11.9 Å². The van der Waals surface area contributed by atoms with Gasteiger partial charge in [-0.05, 0) is 19.4 Å². The third kappa shape index (κ3) is 1.76. The van der Waals surface area contributed by atoms with Gasteiger partial charge in [-0.25, -0.2) is 4.79 Å². The van der Waals surface area contributed by atoms with Gasteiger partial charge < -0.3 is 15.1 Å². The van der Waals surface area contributed by atoms with E-state index < -0.39 is 12.2 Å². The number of urea groups is 1. The summed E-state index contributed by atoms with van der Waals surface area (Å²) in [6.45, 7) is 0.918. The van der Waals surface area contributed by atoms with Crippen LogP contribution in [0.5, 0.6) is 0 Å². The predicted molar refractivity (Wildman–Crippen MR) is 79.4 cm³/mol. The van der Waals surface area contributed by atoms with E-state index in [1.807, 2.05) is 0 Å². The summed E-state index contributed by atoms with van der Waals surface area (Å²) in [5, 5.41) is 6.75. The van der Waals surface area contributed by atoms with E-state index in [-0.39, 0.29) is 34.6 Å². The first-order valence-electron chi connectivity index (χ1n) is 7.52. The van der Waals surface area contributed by atoms with Crippen LogP contribution in [0, 0.1) is 5.92 Å². The van der Waals surface area contributed by atoms with Crippen LogP contribution in [0.4, 0.5) is 4.79 Å². The van der Waals surface area contributed by atoms with Crippen molar-refractivity contribution in [3.63, 3.8) is 0 Å². The van der Waals surface area contributed by atoms with E-state index in [2.05, 4.69) is 10.6 Å². The Labute approximate surface area is 132 Å². The molecule has 4 saturated heterocycles. The van der Waals surface area contributed by atoms with Gasteiger partial charge in [0.05, 0.1) is 11.3 Å². The fourth-order valence-electron chi connectivity index (χ4n) is 3.79. The van der Waals surface area contributed by atoms with E-state index in [9.17, 15) is 14.4 Å². The number of fused-ring (bicyclic) bond motifs is 4. The van der Waals surface area contributed by atoms with Gasteiger partial charge in [-0.15, -0.1) is 11.8 Å². The molecule has 4 amide bonds. The minimum absolute atomic E-state index is 0.0189. The summed E-state index contributed by atoms with van der Waals surface area (Å²) in [6.07, 6.45) is 1.38. The second-order valence-corrected chi connectivity index (χ2v) is 7.43. The van der Waals surface area contributed by atoms with Crippen LogP contribution in [0.3, 0.4) is 0 Å². The molecule has 0 aromatic heterocycles. The van der Waals surface area contributed by atoms with E-state index in [0.29, 0.717) is 0 Å². The molecule has 0 bridgehead atoms. The molecule has 4 fully saturated rings. The summed E-state index contributed by atoms with van der Waals surface area (Å²) in [5.41, 5.74) is -0.264.